The molecule has 0 spiro atoms. The van der Waals surface area contributed by atoms with Crippen LogP contribution in [-0.4, -0.2) is 34.1 Å². The third-order valence-corrected chi connectivity index (χ3v) is 5.62. The van der Waals surface area contributed by atoms with Crippen molar-refractivity contribution in [3.63, 3.8) is 0 Å². The van der Waals surface area contributed by atoms with Crippen molar-refractivity contribution in [2.45, 2.75) is 18.8 Å². The molecule has 156 valence electrons. The lowest BCUT2D eigenvalue weighted by Gasteiger charge is -2.32. The summed E-state index contributed by atoms with van der Waals surface area (Å²) in [4.78, 5) is 14.9. The maximum Gasteiger partial charge on any atom is 0.290 e. The van der Waals surface area contributed by atoms with Crippen LogP contribution in [0.4, 0.5) is 0 Å². The first-order valence-electron chi connectivity index (χ1n) is 10.5. The highest BCUT2D eigenvalue weighted by Crippen LogP contribution is 2.34. The number of H-pyrrole nitrogens is 1. The number of benzene rings is 2. The molecule has 3 heterocycles. The number of para-hydroxylation sites is 1. The van der Waals surface area contributed by atoms with Crippen LogP contribution in [-0.2, 0) is 0 Å². The number of aromatic nitrogens is 2. The van der Waals surface area contributed by atoms with E-state index >= 15 is 0 Å². The van der Waals surface area contributed by atoms with Gasteiger partial charge in [0.2, 0.25) is 0 Å². The summed E-state index contributed by atoms with van der Waals surface area (Å²) in [6.45, 7) is 1.33. The predicted molar refractivity (Wildman–Crippen MR) is 117 cm³/mol. The molecule has 0 radical (unpaired) electrons. The van der Waals surface area contributed by atoms with Crippen molar-refractivity contribution in [3.8, 4) is 22.8 Å². The summed E-state index contributed by atoms with van der Waals surface area (Å²) in [7, 11) is 0. The van der Waals surface area contributed by atoms with Crippen LogP contribution in [0.3, 0.4) is 0 Å². The lowest BCUT2D eigenvalue weighted by molar-refractivity contribution is 0.0669. The zero-order valence-corrected chi connectivity index (χ0v) is 17.0. The third-order valence-electron chi connectivity index (χ3n) is 5.62. The summed E-state index contributed by atoms with van der Waals surface area (Å²) in [5.74, 6) is 1.35. The number of rotatable bonds is 5. The molecule has 1 aliphatic heterocycles. The summed E-state index contributed by atoms with van der Waals surface area (Å²) in [5, 5.41) is 7.45. The van der Waals surface area contributed by atoms with Gasteiger partial charge in [0, 0.05) is 36.3 Å². The maximum atomic E-state index is 13.1. The number of piperidine rings is 1. The van der Waals surface area contributed by atoms with Gasteiger partial charge in [-0.05, 0) is 36.6 Å². The van der Waals surface area contributed by atoms with Crippen LogP contribution in [0.1, 0.15) is 35.0 Å². The van der Waals surface area contributed by atoms with Crippen molar-refractivity contribution in [3.05, 3.63) is 90.4 Å². The van der Waals surface area contributed by atoms with Crippen LogP contribution < -0.4 is 4.74 Å². The van der Waals surface area contributed by atoms with E-state index in [-0.39, 0.29) is 11.8 Å². The number of carbonyl (C=O) groups excluding carboxylic acids is 1. The smallest absolute Gasteiger partial charge is 0.290 e. The molecule has 2 aromatic carbocycles. The first kappa shape index (κ1) is 19.2. The molecule has 1 atom stereocenters. The fourth-order valence-electron chi connectivity index (χ4n) is 4.10. The Hall–Kier alpha value is -3.80. The Bertz CT molecular complexity index is 1150. The second kappa shape index (κ2) is 8.52. The normalized spacial score (nSPS) is 16.3. The molecule has 1 amide bonds. The fourth-order valence-corrected chi connectivity index (χ4v) is 4.10. The molecule has 1 N–H and O–H groups in total. The van der Waals surface area contributed by atoms with Gasteiger partial charge in [-0.25, -0.2) is 0 Å². The molecule has 2 aromatic heterocycles. The number of nitrogens with zero attached hydrogens (tertiary/aromatic N) is 2. The lowest BCUT2D eigenvalue weighted by Crippen LogP contribution is -2.39. The second-order valence-electron chi connectivity index (χ2n) is 7.69. The molecule has 6 heteroatoms. The highest BCUT2D eigenvalue weighted by molar-refractivity contribution is 5.91. The van der Waals surface area contributed by atoms with E-state index in [0.717, 1.165) is 29.7 Å². The highest BCUT2D eigenvalue weighted by Gasteiger charge is 2.29. The number of ether oxygens (including phenoxy) is 1. The highest BCUT2D eigenvalue weighted by atomic mass is 16.6. The number of hydrogen-bond acceptors (Lipinski definition) is 4. The van der Waals surface area contributed by atoms with Crippen LogP contribution in [0, 0.1) is 0 Å². The molecule has 0 saturated carbocycles. The minimum Gasteiger partial charge on any atom is -0.426 e. The first-order valence-corrected chi connectivity index (χ1v) is 10.5. The number of nitrogens with one attached hydrogen (secondary N) is 1. The van der Waals surface area contributed by atoms with Crippen molar-refractivity contribution in [2.24, 2.45) is 0 Å². The summed E-state index contributed by atoms with van der Waals surface area (Å²) < 4.78 is 11.4. The molecule has 0 bridgehead atoms. The summed E-state index contributed by atoms with van der Waals surface area (Å²) in [6, 6.07) is 22.9. The zero-order valence-electron chi connectivity index (χ0n) is 17.0. The number of hydrogen-bond donors (Lipinski definition) is 1. The molecule has 4 aromatic rings. The Morgan fingerprint density at radius 3 is 2.61 bits per heavy atom. The van der Waals surface area contributed by atoms with E-state index in [2.05, 4.69) is 22.3 Å². The van der Waals surface area contributed by atoms with E-state index in [9.17, 15) is 4.79 Å². The van der Waals surface area contributed by atoms with E-state index in [1.165, 1.54) is 0 Å². The van der Waals surface area contributed by atoms with Crippen LogP contribution >= 0.6 is 0 Å². The maximum absolute atomic E-state index is 13.1. The molecule has 0 aliphatic carbocycles. The second-order valence-corrected chi connectivity index (χ2v) is 7.69. The minimum atomic E-state index is -0.117. The number of carbonyl (C=O) groups is 1. The Morgan fingerprint density at radius 2 is 1.81 bits per heavy atom. The molecular weight excluding hydrogens is 390 g/mol. The SMILES string of the molecule is O=C(c1ccc(Oc2ccccc2)o1)N1CCCC(c2[nH]ncc2-c2ccccc2)C1. The molecule has 1 fully saturated rings. The average Bonchev–Trinajstić information content (AvgIpc) is 3.50. The quantitative estimate of drug-likeness (QED) is 0.470. The van der Waals surface area contributed by atoms with E-state index < -0.39 is 0 Å². The van der Waals surface area contributed by atoms with E-state index in [0.29, 0.717) is 30.5 Å². The van der Waals surface area contributed by atoms with E-state index in [1.54, 1.807) is 12.1 Å². The first-order chi connectivity index (χ1) is 15.3. The molecule has 1 saturated heterocycles. The Morgan fingerprint density at radius 1 is 1.03 bits per heavy atom. The van der Waals surface area contributed by atoms with Gasteiger partial charge >= 0.3 is 0 Å². The number of amides is 1. The van der Waals surface area contributed by atoms with E-state index in [4.69, 9.17) is 9.15 Å². The predicted octanol–water partition coefficient (Wildman–Crippen LogP) is 5.48. The summed E-state index contributed by atoms with van der Waals surface area (Å²) in [6.07, 6.45) is 3.80. The van der Waals surface area contributed by atoms with Gasteiger partial charge in [0.25, 0.3) is 11.9 Å². The Labute approximate surface area is 180 Å². The largest absolute Gasteiger partial charge is 0.426 e. The Balaban J connectivity index is 1.30. The van der Waals surface area contributed by atoms with Gasteiger partial charge in [-0.1, -0.05) is 48.5 Å². The molecule has 6 nitrogen and oxygen atoms in total. The summed E-state index contributed by atoms with van der Waals surface area (Å²) >= 11 is 0. The topological polar surface area (TPSA) is 71.4 Å². The third kappa shape index (κ3) is 4.10. The van der Waals surface area contributed by atoms with Crippen molar-refractivity contribution in [1.29, 1.82) is 0 Å². The number of aromatic amines is 1. The molecule has 1 aliphatic rings. The molecule has 5 rings (SSSR count). The summed E-state index contributed by atoms with van der Waals surface area (Å²) in [5.41, 5.74) is 3.30. The molecule has 1 unspecified atom stereocenters. The van der Waals surface area contributed by atoms with Crippen LogP contribution in [0.5, 0.6) is 11.7 Å². The average molecular weight is 413 g/mol. The standard InChI is InChI=1S/C25H23N3O3/c29-25(22-13-14-23(31-22)30-20-11-5-2-6-12-20)28-15-7-10-19(17-28)24-21(16-26-27-24)18-8-3-1-4-9-18/h1-6,8-9,11-14,16,19H,7,10,15,17H2,(H,26,27). The van der Waals surface area contributed by atoms with Gasteiger partial charge < -0.3 is 14.1 Å². The van der Waals surface area contributed by atoms with Gasteiger partial charge in [0.1, 0.15) is 5.75 Å². The van der Waals surface area contributed by atoms with Crippen molar-refractivity contribution >= 4 is 5.91 Å². The zero-order chi connectivity index (χ0) is 21.0. The van der Waals surface area contributed by atoms with Gasteiger partial charge in [-0.15, -0.1) is 0 Å². The van der Waals surface area contributed by atoms with Gasteiger partial charge in [-0.3, -0.25) is 9.89 Å². The van der Waals surface area contributed by atoms with Gasteiger partial charge in [-0.2, -0.15) is 5.10 Å². The van der Waals surface area contributed by atoms with Gasteiger partial charge in [0.05, 0.1) is 6.20 Å². The van der Waals surface area contributed by atoms with Crippen LogP contribution in [0.2, 0.25) is 0 Å². The van der Waals surface area contributed by atoms with Gasteiger partial charge in [0.15, 0.2) is 5.76 Å². The minimum absolute atomic E-state index is 0.117. The van der Waals surface area contributed by atoms with Crippen LogP contribution in [0.15, 0.2) is 83.4 Å². The fraction of sp³-hybridized carbons (Fsp3) is 0.200. The lowest BCUT2D eigenvalue weighted by atomic mass is 9.90. The van der Waals surface area contributed by atoms with Crippen LogP contribution in [0.25, 0.3) is 11.1 Å². The Kier molecular flexibility index (Phi) is 5.27. The van der Waals surface area contributed by atoms with Crippen molar-refractivity contribution < 1.29 is 13.9 Å². The monoisotopic (exact) mass is 413 g/mol. The molecule has 31 heavy (non-hydrogen) atoms. The molecular formula is C25H23N3O3. The van der Waals surface area contributed by atoms with Crippen molar-refractivity contribution in [2.75, 3.05) is 13.1 Å². The van der Waals surface area contributed by atoms with Crippen molar-refractivity contribution in [1.82, 2.24) is 15.1 Å². The van der Waals surface area contributed by atoms with E-state index in [1.807, 2.05) is 59.6 Å². The number of likely N-dealkylation sites (tertiary alicyclic amines) is 1. The number of furan rings is 1.